The van der Waals surface area contributed by atoms with Gasteiger partial charge in [0.2, 0.25) is 15.9 Å². The Morgan fingerprint density at radius 1 is 1.28 bits per heavy atom. The van der Waals surface area contributed by atoms with Crippen LogP contribution in [0.15, 0.2) is 41.8 Å². The minimum absolute atomic E-state index is 0.00441. The van der Waals surface area contributed by atoms with Crippen molar-refractivity contribution in [2.45, 2.75) is 31.3 Å². The molecule has 9 heteroatoms. The van der Waals surface area contributed by atoms with Crippen LogP contribution in [0.2, 0.25) is 0 Å². The molecule has 1 amide bonds. The van der Waals surface area contributed by atoms with Gasteiger partial charge in [-0.1, -0.05) is 24.6 Å². The van der Waals surface area contributed by atoms with Crippen LogP contribution < -0.4 is 10.0 Å². The number of hydrogen-bond donors (Lipinski definition) is 2. The second kappa shape index (κ2) is 9.80. The summed E-state index contributed by atoms with van der Waals surface area (Å²) in [7, 11) is -3.27. The van der Waals surface area contributed by atoms with E-state index < -0.39 is 10.0 Å². The summed E-state index contributed by atoms with van der Waals surface area (Å²) in [6.07, 6.45) is 3.99. The third-order valence-electron chi connectivity index (χ3n) is 5.01. The van der Waals surface area contributed by atoms with Gasteiger partial charge < -0.3 is 5.32 Å². The first-order chi connectivity index (χ1) is 13.8. The van der Waals surface area contributed by atoms with Crippen LogP contribution in [0.25, 0.3) is 0 Å². The Hall–Kier alpha value is -1.81. The van der Waals surface area contributed by atoms with E-state index in [1.807, 2.05) is 22.4 Å². The zero-order valence-corrected chi connectivity index (χ0v) is 17.9. The lowest BCUT2D eigenvalue weighted by Gasteiger charge is -2.35. The van der Waals surface area contributed by atoms with E-state index in [2.05, 4.69) is 10.0 Å². The van der Waals surface area contributed by atoms with Gasteiger partial charge in [0.1, 0.15) is 5.82 Å². The van der Waals surface area contributed by atoms with Gasteiger partial charge in [0.15, 0.2) is 0 Å². The summed E-state index contributed by atoms with van der Waals surface area (Å²) in [5.41, 5.74) is 0.816. The van der Waals surface area contributed by atoms with E-state index in [-0.39, 0.29) is 30.4 Å². The highest BCUT2D eigenvalue weighted by Crippen LogP contribution is 2.26. The number of nitrogens with zero attached hydrogens (tertiary/aromatic N) is 1. The van der Waals surface area contributed by atoms with Crippen LogP contribution in [-0.4, -0.2) is 51.2 Å². The van der Waals surface area contributed by atoms with Gasteiger partial charge in [-0.3, -0.25) is 9.69 Å². The van der Waals surface area contributed by atoms with Crippen molar-refractivity contribution in [3.63, 3.8) is 0 Å². The van der Waals surface area contributed by atoms with Crippen molar-refractivity contribution in [3.8, 4) is 0 Å². The Kier molecular flexibility index (Phi) is 7.39. The van der Waals surface area contributed by atoms with Gasteiger partial charge in [-0.15, -0.1) is 11.3 Å². The molecule has 2 atom stereocenters. The van der Waals surface area contributed by atoms with Crippen LogP contribution in [0, 0.1) is 5.82 Å². The summed E-state index contributed by atoms with van der Waals surface area (Å²) in [6, 6.07) is 9.65. The van der Waals surface area contributed by atoms with E-state index in [1.54, 1.807) is 12.1 Å². The SMILES string of the molecule is CS(=O)(=O)NC[C@H]1CCCCN1CC(=O)N[C@H](c1ccc(F)cc1)c1cccs1. The smallest absolute Gasteiger partial charge is 0.234 e. The number of carbonyl (C=O) groups is 1. The molecule has 1 aliphatic heterocycles. The Morgan fingerprint density at radius 2 is 2.03 bits per heavy atom. The molecule has 0 saturated carbocycles. The molecule has 2 aromatic rings. The third kappa shape index (κ3) is 6.60. The van der Waals surface area contributed by atoms with Crippen LogP contribution in [0.5, 0.6) is 0 Å². The first-order valence-electron chi connectivity index (χ1n) is 9.59. The summed E-state index contributed by atoms with van der Waals surface area (Å²) >= 11 is 1.53. The minimum Gasteiger partial charge on any atom is -0.343 e. The number of carbonyl (C=O) groups excluding carboxylic acids is 1. The van der Waals surface area contributed by atoms with Gasteiger partial charge in [-0.25, -0.2) is 17.5 Å². The highest BCUT2D eigenvalue weighted by atomic mass is 32.2. The van der Waals surface area contributed by atoms with Crippen molar-refractivity contribution in [3.05, 3.63) is 58.0 Å². The van der Waals surface area contributed by atoms with Crippen LogP contribution in [-0.2, 0) is 14.8 Å². The Bertz CT molecular complexity index is 902. The van der Waals surface area contributed by atoms with Crippen LogP contribution in [0.3, 0.4) is 0 Å². The van der Waals surface area contributed by atoms with E-state index in [9.17, 15) is 17.6 Å². The molecule has 1 aromatic carbocycles. The number of amides is 1. The molecule has 1 aromatic heterocycles. The molecule has 0 unspecified atom stereocenters. The highest BCUT2D eigenvalue weighted by molar-refractivity contribution is 7.88. The number of rotatable bonds is 8. The average molecular weight is 440 g/mol. The van der Waals surface area contributed by atoms with Crippen molar-refractivity contribution in [2.75, 3.05) is 25.9 Å². The average Bonchev–Trinajstić information content (AvgIpc) is 3.20. The first kappa shape index (κ1) is 21.9. The molecular formula is C20H26FN3O3S2. The monoisotopic (exact) mass is 439 g/mol. The number of halogens is 1. The number of piperidine rings is 1. The van der Waals surface area contributed by atoms with E-state index >= 15 is 0 Å². The summed E-state index contributed by atoms with van der Waals surface area (Å²) in [6.45, 7) is 1.25. The molecule has 158 valence electrons. The predicted molar refractivity (Wildman–Crippen MR) is 113 cm³/mol. The normalized spacial score (nSPS) is 19.0. The van der Waals surface area contributed by atoms with Gasteiger partial charge >= 0.3 is 0 Å². The first-order valence-corrected chi connectivity index (χ1v) is 12.4. The zero-order valence-electron chi connectivity index (χ0n) is 16.3. The van der Waals surface area contributed by atoms with Gasteiger partial charge in [-0.2, -0.15) is 0 Å². The van der Waals surface area contributed by atoms with Crippen molar-refractivity contribution >= 4 is 27.3 Å². The minimum atomic E-state index is -3.27. The zero-order chi connectivity index (χ0) is 20.9. The van der Waals surface area contributed by atoms with Crippen molar-refractivity contribution in [1.29, 1.82) is 0 Å². The molecular weight excluding hydrogens is 413 g/mol. The molecule has 0 bridgehead atoms. The lowest BCUT2D eigenvalue weighted by Crippen LogP contribution is -2.50. The number of likely N-dealkylation sites (tertiary alicyclic amines) is 1. The maximum absolute atomic E-state index is 13.3. The number of nitrogens with one attached hydrogen (secondary N) is 2. The van der Waals surface area contributed by atoms with Gasteiger partial charge in [0.25, 0.3) is 0 Å². The molecule has 29 heavy (non-hydrogen) atoms. The summed E-state index contributed by atoms with van der Waals surface area (Å²) in [4.78, 5) is 15.8. The molecule has 6 nitrogen and oxygen atoms in total. The highest BCUT2D eigenvalue weighted by Gasteiger charge is 2.26. The van der Waals surface area contributed by atoms with Crippen molar-refractivity contribution < 1.29 is 17.6 Å². The van der Waals surface area contributed by atoms with E-state index in [0.717, 1.165) is 42.5 Å². The topological polar surface area (TPSA) is 78.5 Å². The molecule has 2 heterocycles. The van der Waals surface area contributed by atoms with Gasteiger partial charge in [-0.05, 0) is 48.5 Å². The largest absolute Gasteiger partial charge is 0.343 e. The summed E-state index contributed by atoms with van der Waals surface area (Å²) < 4.78 is 38.7. The second-order valence-corrected chi connectivity index (χ2v) is 10.1. The molecule has 3 rings (SSSR count). The molecule has 0 radical (unpaired) electrons. The lowest BCUT2D eigenvalue weighted by molar-refractivity contribution is -0.123. The van der Waals surface area contributed by atoms with Crippen LogP contribution in [0.1, 0.15) is 35.7 Å². The molecule has 0 aliphatic carbocycles. The maximum atomic E-state index is 13.3. The van der Waals surface area contributed by atoms with E-state index in [1.165, 1.54) is 23.5 Å². The Morgan fingerprint density at radius 3 is 2.69 bits per heavy atom. The van der Waals surface area contributed by atoms with Crippen molar-refractivity contribution in [1.82, 2.24) is 14.9 Å². The fraction of sp³-hybridized carbons (Fsp3) is 0.450. The van der Waals surface area contributed by atoms with E-state index in [0.29, 0.717) is 6.54 Å². The summed E-state index contributed by atoms with van der Waals surface area (Å²) in [5.74, 6) is -0.460. The number of hydrogen-bond acceptors (Lipinski definition) is 5. The molecule has 0 spiro atoms. The van der Waals surface area contributed by atoms with Crippen LogP contribution >= 0.6 is 11.3 Å². The van der Waals surface area contributed by atoms with Gasteiger partial charge in [0, 0.05) is 17.5 Å². The summed E-state index contributed by atoms with van der Waals surface area (Å²) in [5, 5.41) is 5.00. The predicted octanol–water partition coefficient (Wildman–Crippen LogP) is 2.50. The van der Waals surface area contributed by atoms with Gasteiger partial charge in [0.05, 0.1) is 18.8 Å². The number of sulfonamides is 1. The molecule has 1 saturated heterocycles. The maximum Gasteiger partial charge on any atom is 0.234 e. The van der Waals surface area contributed by atoms with E-state index in [4.69, 9.17) is 0 Å². The molecule has 2 N–H and O–H groups in total. The Labute approximate surface area is 175 Å². The fourth-order valence-electron chi connectivity index (χ4n) is 3.57. The van der Waals surface area contributed by atoms with Crippen LogP contribution in [0.4, 0.5) is 4.39 Å². The number of benzene rings is 1. The Balaban J connectivity index is 1.68. The standard InChI is InChI=1S/C20H26FN3O3S2/c1-29(26,27)22-13-17-5-2-3-11-24(17)14-19(25)23-20(18-6-4-12-28-18)15-7-9-16(21)10-8-15/h4,6-10,12,17,20,22H,2-3,5,11,13-14H2,1H3,(H,23,25)/t17-,20-/m1/s1. The second-order valence-electron chi connectivity index (χ2n) is 7.31. The quantitative estimate of drug-likeness (QED) is 0.663. The molecule has 1 aliphatic rings. The fourth-order valence-corrected chi connectivity index (χ4v) is 4.87. The van der Waals surface area contributed by atoms with Crippen molar-refractivity contribution in [2.24, 2.45) is 0 Å². The lowest BCUT2D eigenvalue weighted by atomic mass is 10.0. The molecule has 1 fully saturated rings. The number of thiophene rings is 1. The third-order valence-corrected chi connectivity index (χ3v) is 6.64.